The molecule has 0 amide bonds. The molecule has 1 aromatic carbocycles. The van der Waals surface area contributed by atoms with E-state index in [4.69, 9.17) is 13.9 Å². The Hall–Kier alpha value is -3.26. The van der Waals surface area contributed by atoms with Crippen molar-refractivity contribution in [2.75, 3.05) is 20.8 Å². The van der Waals surface area contributed by atoms with Gasteiger partial charge in [-0.3, -0.25) is 4.99 Å². The number of aromatic nitrogens is 1. The summed E-state index contributed by atoms with van der Waals surface area (Å²) in [6, 6.07) is 7.01. The maximum Gasteiger partial charge on any atom is 0.206 e. The van der Waals surface area contributed by atoms with E-state index in [1.165, 1.54) is 25.6 Å². The average molecular weight is 385 g/mol. The first-order valence-corrected chi connectivity index (χ1v) is 8.91. The zero-order valence-corrected chi connectivity index (χ0v) is 15.8. The number of phenols is 1. The number of rotatable bonds is 7. The Morgan fingerprint density at radius 2 is 2.04 bits per heavy atom. The van der Waals surface area contributed by atoms with Crippen LogP contribution in [0.1, 0.15) is 5.56 Å². The van der Waals surface area contributed by atoms with E-state index in [1.54, 1.807) is 35.4 Å². The third-order valence-electron chi connectivity index (χ3n) is 3.64. The predicted octanol–water partition coefficient (Wildman–Crippen LogP) is 3.50. The molecule has 0 radical (unpaired) electrons. The Kier molecular flexibility index (Phi) is 5.77. The van der Waals surface area contributed by atoms with Gasteiger partial charge in [-0.2, -0.15) is 5.10 Å². The summed E-state index contributed by atoms with van der Waals surface area (Å²) in [5.41, 5.74) is 1.47. The van der Waals surface area contributed by atoms with Gasteiger partial charge in [-0.15, -0.1) is 17.9 Å². The smallest absolute Gasteiger partial charge is 0.206 e. The number of aromatic hydroxyl groups is 1. The number of ether oxygens (including phenoxy) is 2. The molecule has 3 aromatic rings. The molecule has 0 unspecified atom stereocenters. The minimum absolute atomic E-state index is 0.0571. The van der Waals surface area contributed by atoms with Crippen molar-refractivity contribution in [2.24, 2.45) is 10.1 Å². The normalized spacial score (nSPS) is 11.9. The zero-order chi connectivity index (χ0) is 19.2. The van der Waals surface area contributed by atoms with Crippen molar-refractivity contribution in [3.05, 3.63) is 58.9 Å². The minimum atomic E-state index is -0.0571. The van der Waals surface area contributed by atoms with Crippen molar-refractivity contribution < 1.29 is 19.0 Å². The number of methoxy groups -OCH3 is 2. The highest BCUT2D eigenvalue weighted by Crippen LogP contribution is 2.36. The van der Waals surface area contributed by atoms with Crippen LogP contribution in [0.2, 0.25) is 0 Å². The zero-order valence-electron chi connectivity index (χ0n) is 15.0. The topological polar surface area (TPSA) is 81.5 Å². The summed E-state index contributed by atoms with van der Waals surface area (Å²) in [6.07, 6.45) is 4.96. The van der Waals surface area contributed by atoms with Crippen molar-refractivity contribution in [1.82, 2.24) is 4.68 Å². The lowest BCUT2D eigenvalue weighted by molar-refractivity contribution is 0.340. The highest BCUT2D eigenvalue weighted by molar-refractivity contribution is 7.07. The van der Waals surface area contributed by atoms with Gasteiger partial charge in [-0.25, -0.2) is 4.68 Å². The maximum atomic E-state index is 10.0. The summed E-state index contributed by atoms with van der Waals surface area (Å²) in [6.45, 7) is 4.18. The Morgan fingerprint density at radius 1 is 1.30 bits per heavy atom. The molecule has 0 saturated heterocycles. The number of benzene rings is 1. The van der Waals surface area contributed by atoms with Crippen LogP contribution in [0.4, 0.5) is 0 Å². The van der Waals surface area contributed by atoms with E-state index in [0.717, 1.165) is 5.69 Å². The van der Waals surface area contributed by atoms with Crippen molar-refractivity contribution in [2.45, 2.75) is 0 Å². The van der Waals surface area contributed by atoms with E-state index in [-0.39, 0.29) is 5.75 Å². The SMILES string of the molecule is C=CCN=c1scc(-c2ccco2)n1N=Cc1cc(OC)c(O)c(OC)c1. The summed E-state index contributed by atoms with van der Waals surface area (Å²) < 4.78 is 17.6. The lowest BCUT2D eigenvalue weighted by Crippen LogP contribution is -2.12. The summed E-state index contributed by atoms with van der Waals surface area (Å²) in [4.78, 5) is 5.17. The number of furan rings is 1. The monoisotopic (exact) mass is 385 g/mol. The largest absolute Gasteiger partial charge is 0.502 e. The molecule has 0 fully saturated rings. The number of nitrogens with zero attached hydrogens (tertiary/aromatic N) is 3. The Bertz CT molecular complexity index is 991. The van der Waals surface area contributed by atoms with Gasteiger partial charge >= 0.3 is 0 Å². The van der Waals surface area contributed by atoms with Crippen LogP contribution in [0.5, 0.6) is 17.2 Å². The van der Waals surface area contributed by atoms with E-state index in [2.05, 4.69) is 16.7 Å². The van der Waals surface area contributed by atoms with E-state index < -0.39 is 0 Å². The first kappa shape index (κ1) is 18.5. The van der Waals surface area contributed by atoms with Crippen molar-refractivity contribution in [1.29, 1.82) is 0 Å². The van der Waals surface area contributed by atoms with Crippen LogP contribution < -0.4 is 14.3 Å². The molecular formula is C19H19N3O4S. The van der Waals surface area contributed by atoms with Gasteiger partial charge in [-0.05, 0) is 24.3 Å². The highest BCUT2D eigenvalue weighted by atomic mass is 32.1. The molecule has 27 heavy (non-hydrogen) atoms. The number of phenolic OH excluding ortho intramolecular Hbond substituents is 1. The van der Waals surface area contributed by atoms with Gasteiger partial charge in [0.15, 0.2) is 17.3 Å². The molecule has 0 aliphatic heterocycles. The van der Waals surface area contributed by atoms with Crippen LogP contribution in [0.25, 0.3) is 11.5 Å². The molecule has 8 heteroatoms. The molecule has 0 saturated carbocycles. The number of thiazole rings is 1. The lowest BCUT2D eigenvalue weighted by atomic mass is 10.2. The summed E-state index contributed by atoms with van der Waals surface area (Å²) in [5, 5.41) is 16.5. The van der Waals surface area contributed by atoms with Crippen LogP contribution >= 0.6 is 11.3 Å². The lowest BCUT2D eigenvalue weighted by Gasteiger charge is -2.09. The standard InChI is InChI=1S/C19H19N3O4S/c1-4-7-20-19-22(14(12-27-19)15-6-5-8-26-15)21-11-13-9-16(24-2)18(23)17(10-13)25-3/h4-6,8-12,23H,1,7H2,2-3H3. The van der Waals surface area contributed by atoms with Gasteiger partial charge in [0.25, 0.3) is 0 Å². The molecule has 0 spiro atoms. The average Bonchev–Trinajstić information content (AvgIpc) is 3.34. The van der Waals surface area contributed by atoms with Gasteiger partial charge in [0, 0.05) is 10.9 Å². The van der Waals surface area contributed by atoms with Gasteiger partial charge < -0.3 is 19.0 Å². The van der Waals surface area contributed by atoms with Crippen molar-refractivity contribution >= 4 is 17.6 Å². The fraction of sp³-hybridized carbons (Fsp3) is 0.158. The van der Waals surface area contributed by atoms with Crippen LogP contribution in [-0.2, 0) is 0 Å². The van der Waals surface area contributed by atoms with Gasteiger partial charge in [0.05, 0.1) is 33.2 Å². The van der Waals surface area contributed by atoms with Gasteiger partial charge in [-0.1, -0.05) is 6.08 Å². The van der Waals surface area contributed by atoms with Crippen LogP contribution in [0, 0.1) is 0 Å². The molecule has 2 aromatic heterocycles. The second-order valence-electron chi connectivity index (χ2n) is 5.34. The van der Waals surface area contributed by atoms with Gasteiger partial charge in [0.1, 0.15) is 5.69 Å². The van der Waals surface area contributed by atoms with Crippen LogP contribution in [-0.4, -0.2) is 36.8 Å². The van der Waals surface area contributed by atoms with Crippen LogP contribution in [0.15, 0.2) is 63.1 Å². The molecule has 1 N–H and O–H groups in total. The molecule has 7 nitrogen and oxygen atoms in total. The van der Waals surface area contributed by atoms with E-state index >= 15 is 0 Å². The fourth-order valence-electron chi connectivity index (χ4n) is 2.37. The minimum Gasteiger partial charge on any atom is -0.502 e. The Balaban J connectivity index is 2.07. The Morgan fingerprint density at radius 3 is 2.63 bits per heavy atom. The first-order chi connectivity index (χ1) is 13.2. The second-order valence-corrected chi connectivity index (χ2v) is 6.18. The molecule has 0 bridgehead atoms. The number of hydrogen-bond donors (Lipinski definition) is 1. The molecule has 0 atom stereocenters. The molecule has 140 valence electrons. The second kappa shape index (κ2) is 8.41. The maximum absolute atomic E-state index is 10.0. The highest BCUT2D eigenvalue weighted by Gasteiger charge is 2.12. The van der Waals surface area contributed by atoms with Crippen LogP contribution in [0.3, 0.4) is 0 Å². The third kappa shape index (κ3) is 3.95. The molecular weight excluding hydrogens is 366 g/mol. The third-order valence-corrected chi connectivity index (χ3v) is 4.49. The number of hydrogen-bond acceptors (Lipinski definition) is 7. The first-order valence-electron chi connectivity index (χ1n) is 8.03. The molecule has 3 rings (SSSR count). The molecule has 2 heterocycles. The Labute approximate surface area is 160 Å². The molecule has 0 aliphatic rings. The van der Waals surface area contributed by atoms with Gasteiger partial charge in [0.2, 0.25) is 10.6 Å². The quantitative estimate of drug-likeness (QED) is 0.498. The summed E-state index contributed by atoms with van der Waals surface area (Å²) in [5.74, 6) is 1.23. The molecule has 0 aliphatic carbocycles. The summed E-state index contributed by atoms with van der Waals surface area (Å²) >= 11 is 1.45. The predicted molar refractivity (Wildman–Crippen MR) is 105 cm³/mol. The van der Waals surface area contributed by atoms with E-state index in [9.17, 15) is 5.11 Å². The van der Waals surface area contributed by atoms with E-state index in [0.29, 0.717) is 34.2 Å². The fourth-order valence-corrected chi connectivity index (χ4v) is 3.20. The van der Waals surface area contributed by atoms with E-state index in [1.807, 2.05) is 17.5 Å². The van der Waals surface area contributed by atoms with Crippen molar-refractivity contribution in [3.8, 4) is 28.7 Å². The summed E-state index contributed by atoms with van der Waals surface area (Å²) in [7, 11) is 2.95. The van der Waals surface area contributed by atoms with Crippen molar-refractivity contribution in [3.63, 3.8) is 0 Å².